The van der Waals surface area contributed by atoms with E-state index < -0.39 is 11.6 Å². The number of likely N-dealkylation sites (N-methyl/N-ethyl adjacent to an activating group) is 1. The number of benzene rings is 1. The highest BCUT2D eigenvalue weighted by Crippen LogP contribution is 2.42. The Bertz CT molecular complexity index is 546. The van der Waals surface area contributed by atoms with Crippen molar-refractivity contribution in [2.45, 2.75) is 38.1 Å². The van der Waals surface area contributed by atoms with E-state index in [4.69, 9.17) is 16.3 Å². The van der Waals surface area contributed by atoms with Gasteiger partial charge < -0.3 is 4.74 Å². The van der Waals surface area contributed by atoms with Crippen LogP contribution in [0.2, 0.25) is 5.02 Å². The number of halogens is 1. The molecule has 5 heteroatoms. The van der Waals surface area contributed by atoms with Crippen LogP contribution >= 0.6 is 11.6 Å². The number of carbonyl (C=O) groups excluding carboxylic acids is 2. The molecule has 1 aliphatic carbocycles. The molecule has 0 saturated heterocycles. The molecule has 1 radical (unpaired) electrons. The fraction of sp³-hybridized carbons (Fsp3) is 0.438. The first kappa shape index (κ1) is 15.8. The van der Waals surface area contributed by atoms with E-state index in [0.717, 1.165) is 12.8 Å². The van der Waals surface area contributed by atoms with E-state index >= 15 is 0 Å². The molecule has 1 aliphatic rings. The zero-order valence-corrected chi connectivity index (χ0v) is 13.0. The molecule has 21 heavy (non-hydrogen) atoms. The highest BCUT2D eigenvalue weighted by molar-refractivity contribution is 6.31. The second-order valence-electron chi connectivity index (χ2n) is 5.15. The summed E-state index contributed by atoms with van der Waals surface area (Å²) in [7, 11) is 1.60. The van der Waals surface area contributed by atoms with Gasteiger partial charge in [0.15, 0.2) is 5.78 Å². The van der Waals surface area contributed by atoms with Crippen molar-refractivity contribution in [1.29, 1.82) is 0 Å². The molecule has 0 unspecified atom stereocenters. The summed E-state index contributed by atoms with van der Waals surface area (Å²) < 4.78 is 4.96. The normalized spacial score (nSPS) is 22.0. The van der Waals surface area contributed by atoms with E-state index in [2.05, 4.69) is 0 Å². The first-order valence-corrected chi connectivity index (χ1v) is 7.42. The molecule has 1 aromatic carbocycles. The van der Waals surface area contributed by atoms with Crippen molar-refractivity contribution in [2.24, 2.45) is 0 Å². The summed E-state index contributed by atoms with van der Waals surface area (Å²) in [5, 5.41) is 0.493. The first-order valence-electron chi connectivity index (χ1n) is 7.04. The largest absolute Gasteiger partial charge is 0.442 e. The lowest BCUT2D eigenvalue weighted by atomic mass is 9.74. The van der Waals surface area contributed by atoms with Crippen molar-refractivity contribution >= 4 is 23.5 Å². The van der Waals surface area contributed by atoms with Gasteiger partial charge in [-0.25, -0.2) is 4.79 Å². The van der Waals surface area contributed by atoms with Crippen LogP contribution in [0.4, 0.5) is 4.79 Å². The van der Waals surface area contributed by atoms with Gasteiger partial charge in [-0.05, 0) is 32.3 Å². The van der Waals surface area contributed by atoms with Gasteiger partial charge in [0, 0.05) is 24.1 Å². The molecule has 1 fully saturated rings. The summed E-state index contributed by atoms with van der Waals surface area (Å²) in [6.07, 6.45) is 2.16. The van der Waals surface area contributed by atoms with E-state index in [1.54, 1.807) is 20.0 Å². The number of hydrogen-bond acceptors (Lipinski definition) is 3. The maximum atomic E-state index is 12.7. The second-order valence-corrected chi connectivity index (χ2v) is 5.56. The van der Waals surface area contributed by atoms with Crippen molar-refractivity contribution in [3.05, 3.63) is 41.5 Å². The monoisotopic (exact) mass is 308 g/mol. The third-order valence-corrected chi connectivity index (χ3v) is 4.37. The molecule has 0 spiro atoms. The zero-order valence-electron chi connectivity index (χ0n) is 12.3. The maximum Gasteiger partial charge on any atom is 0.411 e. The quantitative estimate of drug-likeness (QED) is 0.850. The Kier molecular flexibility index (Phi) is 4.88. The van der Waals surface area contributed by atoms with E-state index in [1.165, 1.54) is 11.5 Å². The zero-order chi connectivity index (χ0) is 15.5. The summed E-state index contributed by atoms with van der Waals surface area (Å²) in [6, 6.07) is 7.19. The number of hydrogen-bond donors (Lipinski definition) is 0. The minimum atomic E-state index is -1.03. The highest BCUT2D eigenvalue weighted by Gasteiger charge is 2.48. The van der Waals surface area contributed by atoms with E-state index in [1.807, 2.05) is 18.2 Å². The van der Waals surface area contributed by atoms with Gasteiger partial charge in [0.25, 0.3) is 0 Å². The summed E-state index contributed by atoms with van der Waals surface area (Å²) in [6.45, 7) is 2.93. The molecule has 1 atom stereocenters. The van der Waals surface area contributed by atoms with Crippen molar-refractivity contribution in [3.8, 4) is 0 Å². The van der Waals surface area contributed by atoms with E-state index in [0.29, 0.717) is 23.4 Å². The Morgan fingerprint density at radius 3 is 2.71 bits per heavy atom. The van der Waals surface area contributed by atoms with Crippen LogP contribution in [0, 0.1) is 6.61 Å². The second kappa shape index (κ2) is 6.48. The molecule has 0 aliphatic heterocycles. The standard InChI is InChI=1S/C16H19ClNO3/c1-3-21-15(20)18(2)16(11-7-6-10-14(16)19)12-8-4-5-9-13(12)17/h3-5,8-9H,6-7,10-11H2,1-2H3/t16-/m1/s1. The minimum absolute atomic E-state index is 0.0115. The number of carbonyl (C=O) groups is 2. The smallest absolute Gasteiger partial charge is 0.411 e. The number of rotatable bonds is 3. The van der Waals surface area contributed by atoms with Gasteiger partial charge in [-0.3, -0.25) is 9.69 Å². The van der Waals surface area contributed by atoms with Crippen molar-refractivity contribution in [3.63, 3.8) is 0 Å². The lowest BCUT2D eigenvalue weighted by Crippen LogP contribution is -2.54. The van der Waals surface area contributed by atoms with Crippen molar-refractivity contribution in [1.82, 2.24) is 4.90 Å². The predicted octanol–water partition coefficient (Wildman–Crippen LogP) is 3.93. The van der Waals surface area contributed by atoms with Crippen LogP contribution in [0.25, 0.3) is 0 Å². The van der Waals surface area contributed by atoms with Crippen LogP contribution in [0.1, 0.15) is 38.2 Å². The molecular formula is C16H19ClNO3. The third-order valence-electron chi connectivity index (χ3n) is 4.04. The Hall–Kier alpha value is -1.55. The van der Waals surface area contributed by atoms with Gasteiger partial charge >= 0.3 is 6.09 Å². The van der Waals surface area contributed by atoms with Gasteiger partial charge in [0.1, 0.15) is 12.1 Å². The van der Waals surface area contributed by atoms with Crippen LogP contribution in [-0.2, 0) is 15.1 Å². The van der Waals surface area contributed by atoms with Crippen LogP contribution < -0.4 is 0 Å². The number of nitrogens with zero attached hydrogens (tertiary/aromatic N) is 1. The van der Waals surface area contributed by atoms with Crippen LogP contribution in [0.5, 0.6) is 0 Å². The number of ether oxygens (including phenoxy) is 1. The SMILES string of the molecule is C[CH]OC(=O)N(C)[C@@]1(c2ccccc2Cl)CCCCC1=O. The lowest BCUT2D eigenvalue weighted by Gasteiger charge is -2.43. The molecule has 1 amide bonds. The first-order chi connectivity index (χ1) is 10.0. The summed E-state index contributed by atoms with van der Waals surface area (Å²) in [5.74, 6) is 0.0115. The molecule has 0 N–H and O–H groups in total. The van der Waals surface area contributed by atoms with Crippen molar-refractivity contribution < 1.29 is 14.3 Å². The molecule has 1 aromatic rings. The summed E-state index contributed by atoms with van der Waals surface area (Å²) in [4.78, 5) is 26.2. The fourth-order valence-corrected chi connectivity index (χ4v) is 3.26. The fourth-order valence-electron chi connectivity index (χ4n) is 2.97. The van der Waals surface area contributed by atoms with Crippen LogP contribution in [0.15, 0.2) is 24.3 Å². The summed E-state index contributed by atoms with van der Waals surface area (Å²) >= 11 is 6.30. The molecule has 113 valence electrons. The Balaban J connectivity index is 2.52. The van der Waals surface area contributed by atoms with Gasteiger partial charge in [-0.2, -0.15) is 0 Å². The van der Waals surface area contributed by atoms with Crippen LogP contribution in [0.3, 0.4) is 0 Å². The highest BCUT2D eigenvalue weighted by atomic mass is 35.5. The third kappa shape index (κ3) is 2.77. The van der Waals surface area contributed by atoms with Gasteiger partial charge in [-0.15, -0.1) is 0 Å². The molecular weight excluding hydrogens is 290 g/mol. The summed E-state index contributed by atoms with van der Waals surface area (Å²) in [5.41, 5.74) is -0.358. The Morgan fingerprint density at radius 2 is 2.10 bits per heavy atom. The molecule has 4 nitrogen and oxygen atoms in total. The molecule has 1 saturated carbocycles. The van der Waals surface area contributed by atoms with Gasteiger partial charge in [0.2, 0.25) is 0 Å². The maximum absolute atomic E-state index is 12.7. The van der Waals surface area contributed by atoms with Crippen LogP contribution in [-0.4, -0.2) is 23.8 Å². The van der Waals surface area contributed by atoms with Gasteiger partial charge in [0.05, 0.1) is 0 Å². The minimum Gasteiger partial charge on any atom is -0.442 e. The topological polar surface area (TPSA) is 46.6 Å². The van der Waals surface area contributed by atoms with E-state index in [9.17, 15) is 9.59 Å². The predicted molar refractivity (Wildman–Crippen MR) is 80.8 cm³/mol. The average molecular weight is 309 g/mol. The number of ketones is 1. The Morgan fingerprint density at radius 1 is 1.38 bits per heavy atom. The molecule has 0 aromatic heterocycles. The molecule has 0 heterocycles. The number of Topliss-reactive ketones (excluding diaryl/α,β-unsaturated/α-hetero) is 1. The Labute approximate surface area is 130 Å². The average Bonchev–Trinajstić information content (AvgIpc) is 2.48. The van der Waals surface area contributed by atoms with Crippen molar-refractivity contribution in [2.75, 3.05) is 7.05 Å². The molecule has 0 bridgehead atoms. The van der Waals surface area contributed by atoms with E-state index in [-0.39, 0.29) is 5.78 Å². The van der Waals surface area contributed by atoms with Gasteiger partial charge in [-0.1, -0.05) is 29.8 Å². The molecule has 2 rings (SSSR count). The number of amides is 1. The lowest BCUT2D eigenvalue weighted by molar-refractivity contribution is -0.133.